The number of hydrogen-bond acceptors (Lipinski definition) is 6. The molecule has 0 aliphatic carbocycles. The molecule has 6 nitrogen and oxygen atoms in total. The van der Waals surface area contributed by atoms with Gasteiger partial charge in [-0.25, -0.2) is 0 Å². The minimum absolute atomic E-state index is 0.529. The van der Waals surface area contributed by atoms with Crippen molar-refractivity contribution >= 4 is 11.4 Å². The Balaban J connectivity index is 1.97. The first kappa shape index (κ1) is 15.1. The van der Waals surface area contributed by atoms with Crippen molar-refractivity contribution in [1.29, 1.82) is 0 Å². The van der Waals surface area contributed by atoms with Gasteiger partial charge in [-0.3, -0.25) is 0 Å². The highest BCUT2D eigenvalue weighted by Gasteiger charge is 2.18. The lowest BCUT2D eigenvalue weighted by molar-refractivity contribution is 0.172. The molecule has 122 valence electrons. The maximum atomic E-state index is 5.71. The summed E-state index contributed by atoms with van der Waals surface area (Å²) in [5, 5.41) is 3.31. The van der Waals surface area contributed by atoms with Crippen LogP contribution < -0.4 is 29.0 Å². The van der Waals surface area contributed by atoms with E-state index in [2.05, 4.69) is 5.32 Å². The number of methoxy groups -OCH3 is 3. The van der Waals surface area contributed by atoms with Gasteiger partial charge in [0.05, 0.1) is 27.0 Å². The molecule has 0 bridgehead atoms. The topological polar surface area (TPSA) is 58.2 Å². The highest BCUT2D eigenvalue weighted by molar-refractivity contribution is 5.73. The lowest BCUT2D eigenvalue weighted by atomic mass is 10.2. The molecule has 1 aliphatic heterocycles. The van der Waals surface area contributed by atoms with Crippen LogP contribution in [0.15, 0.2) is 30.3 Å². The first-order valence-corrected chi connectivity index (χ1v) is 7.22. The van der Waals surface area contributed by atoms with Gasteiger partial charge >= 0.3 is 0 Å². The number of nitrogens with one attached hydrogen (secondary N) is 1. The first-order valence-electron chi connectivity index (χ1n) is 7.22. The summed E-state index contributed by atoms with van der Waals surface area (Å²) in [5.74, 6) is 3.14. The van der Waals surface area contributed by atoms with Crippen molar-refractivity contribution in [3.8, 4) is 28.7 Å². The molecular formula is C17H19NO5. The third kappa shape index (κ3) is 2.92. The summed E-state index contributed by atoms with van der Waals surface area (Å²) in [6.07, 6.45) is 0. The molecular weight excluding hydrogens is 298 g/mol. The van der Waals surface area contributed by atoms with Crippen LogP contribution in [-0.2, 0) is 0 Å². The highest BCUT2D eigenvalue weighted by Crippen LogP contribution is 2.43. The minimum Gasteiger partial charge on any atom is -0.493 e. The molecule has 6 heteroatoms. The standard InChI is InChI=1S/C17H19NO5/c1-19-14-9-11(10-15(20-2)17(14)21-3)18-12-5-4-6-13-16(12)23-8-7-22-13/h4-6,9-10,18H,7-8H2,1-3H3. The molecule has 0 radical (unpaired) electrons. The van der Waals surface area contributed by atoms with Crippen LogP contribution >= 0.6 is 0 Å². The fraction of sp³-hybridized carbons (Fsp3) is 0.294. The van der Waals surface area contributed by atoms with E-state index in [0.717, 1.165) is 17.1 Å². The van der Waals surface area contributed by atoms with Gasteiger partial charge in [0.15, 0.2) is 23.0 Å². The molecule has 0 spiro atoms. The van der Waals surface area contributed by atoms with Crippen molar-refractivity contribution in [2.45, 2.75) is 0 Å². The monoisotopic (exact) mass is 317 g/mol. The lowest BCUT2D eigenvalue weighted by Gasteiger charge is -2.22. The largest absolute Gasteiger partial charge is 0.493 e. The van der Waals surface area contributed by atoms with Gasteiger partial charge < -0.3 is 29.0 Å². The van der Waals surface area contributed by atoms with E-state index in [1.807, 2.05) is 30.3 Å². The van der Waals surface area contributed by atoms with Crippen LogP contribution in [0.1, 0.15) is 0 Å². The van der Waals surface area contributed by atoms with Gasteiger partial charge in [0.2, 0.25) is 5.75 Å². The van der Waals surface area contributed by atoms with Crippen molar-refractivity contribution in [3.63, 3.8) is 0 Å². The smallest absolute Gasteiger partial charge is 0.203 e. The van der Waals surface area contributed by atoms with E-state index >= 15 is 0 Å². The molecule has 2 aromatic carbocycles. The van der Waals surface area contributed by atoms with Gasteiger partial charge in [-0.1, -0.05) is 6.07 Å². The molecule has 1 heterocycles. The Morgan fingerprint density at radius 2 is 1.61 bits per heavy atom. The summed E-state index contributed by atoms with van der Waals surface area (Å²) in [4.78, 5) is 0. The molecule has 2 aromatic rings. The van der Waals surface area contributed by atoms with Gasteiger partial charge in [0.25, 0.3) is 0 Å². The Hall–Kier alpha value is -2.76. The second kappa shape index (κ2) is 6.56. The third-order valence-corrected chi connectivity index (χ3v) is 3.51. The average Bonchev–Trinajstić information content (AvgIpc) is 2.61. The van der Waals surface area contributed by atoms with Gasteiger partial charge in [-0.15, -0.1) is 0 Å². The average molecular weight is 317 g/mol. The Labute approximate surface area is 134 Å². The van der Waals surface area contributed by atoms with Crippen LogP contribution in [0.3, 0.4) is 0 Å². The Morgan fingerprint density at radius 3 is 2.26 bits per heavy atom. The maximum absolute atomic E-state index is 5.71. The van der Waals surface area contributed by atoms with E-state index < -0.39 is 0 Å². The van der Waals surface area contributed by atoms with Crippen LogP contribution in [0.5, 0.6) is 28.7 Å². The lowest BCUT2D eigenvalue weighted by Crippen LogP contribution is -2.16. The zero-order chi connectivity index (χ0) is 16.2. The van der Waals surface area contributed by atoms with E-state index in [1.54, 1.807) is 21.3 Å². The van der Waals surface area contributed by atoms with Crippen LogP contribution in [0.2, 0.25) is 0 Å². The third-order valence-electron chi connectivity index (χ3n) is 3.51. The number of ether oxygens (including phenoxy) is 5. The molecule has 23 heavy (non-hydrogen) atoms. The molecule has 0 atom stereocenters. The fourth-order valence-corrected chi connectivity index (χ4v) is 2.48. The predicted octanol–water partition coefficient (Wildman–Crippen LogP) is 3.23. The van der Waals surface area contributed by atoms with Crippen molar-refractivity contribution in [2.24, 2.45) is 0 Å². The van der Waals surface area contributed by atoms with E-state index in [9.17, 15) is 0 Å². The number of fused-ring (bicyclic) bond motifs is 1. The van der Waals surface area contributed by atoms with Crippen LogP contribution in [0, 0.1) is 0 Å². The predicted molar refractivity (Wildman–Crippen MR) is 86.8 cm³/mol. The minimum atomic E-state index is 0.529. The summed E-state index contributed by atoms with van der Waals surface area (Å²) in [7, 11) is 4.75. The fourth-order valence-electron chi connectivity index (χ4n) is 2.48. The van der Waals surface area contributed by atoms with Crippen molar-refractivity contribution in [3.05, 3.63) is 30.3 Å². The van der Waals surface area contributed by atoms with Gasteiger partial charge in [0.1, 0.15) is 13.2 Å². The van der Waals surface area contributed by atoms with Crippen molar-refractivity contribution < 1.29 is 23.7 Å². The summed E-state index contributed by atoms with van der Waals surface area (Å²) >= 11 is 0. The Morgan fingerprint density at radius 1 is 0.913 bits per heavy atom. The number of rotatable bonds is 5. The van der Waals surface area contributed by atoms with Crippen molar-refractivity contribution in [1.82, 2.24) is 0 Å². The normalized spacial score (nSPS) is 12.5. The van der Waals surface area contributed by atoms with Gasteiger partial charge in [-0.05, 0) is 12.1 Å². The molecule has 3 rings (SSSR count). The summed E-state index contributed by atoms with van der Waals surface area (Å²) in [6.45, 7) is 1.08. The molecule has 0 amide bonds. The number of hydrogen-bond donors (Lipinski definition) is 1. The molecule has 0 saturated carbocycles. The second-order valence-corrected chi connectivity index (χ2v) is 4.87. The van der Waals surface area contributed by atoms with E-state index in [1.165, 1.54) is 0 Å². The first-order chi connectivity index (χ1) is 11.3. The number of para-hydroxylation sites is 1. The summed E-state index contributed by atoms with van der Waals surface area (Å²) in [5.41, 5.74) is 1.61. The molecule has 0 saturated heterocycles. The van der Waals surface area contributed by atoms with Gasteiger partial charge in [0, 0.05) is 17.8 Å². The van der Waals surface area contributed by atoms with Crippen LogP contribution in [0.4, 0.5) is 11.4 Å². The number of anilines is 2. The highest BCUT2D eigenvalue weighted by atomic mass is 16.6. The van der Waals surface area contributed by atoms with E-state index in [-0.39, 0.29) is 0 Å². The Kier molecular flexibility index (Phi) is 4.32. The second-order valence-electron chi connectivity index (χ2n) is 4.87. The molecule has 0 fully saturated rings. The molecule has 0 aromatic heterocycles. The summed E-state index contributed by atoms with van der Waals surface area (Å²) in [6, 6.07) is 9.40. The van der Waals surface area contributed by atoms with Crippen LogP contribution in [-0.4, -0.2) is 34.5 Å². The molecule has 0 unspecified atom stereocenters. The van der Waals surface area contributed by atoms with E-state index in [0.29, 0.717) is 36.2 Å². The van der Waals surface area contributed by atoms with Crippen molar-refractivity contribution in [2.75, 3.05) is 39.9 Å². The maximum Gasteiger partial charge on any atom is 0.203 e. The molecule has 1 N–H and O–H groups in total. The zero-order valence-corrected chi connectivity index (χ0v) is 13.3. The SMILES string of the molecule is COc1cc(Nc2cccc3c2OCCO3)cc(OC)c1OC. The Bertz CT molecular complexity index is 676. The quantitative estimate of drug-likeness (QED) is 0.914. The van der Waals surface area contributed by atoms with Crippen LogP contribution in [0.25, 0.3) is 0 Å². The molecule has 1 aliphatic rings. The zero-order valence-electron chi connectivity index (χ0n) is 13.3. The number of benzene rings is 2. The van der Waals surface area contributed by atoms with Gasteiger partial charge in [-0.2, -0.15) is 0 Å². The summed E-state index contributed by atoms with van der Waals surface area (Å²) < 4.78 is 27.4. The van der Waals surface area contributed by atoms with E-state index in [4.69, 9.17) is 23.7 Å².